The summed E-state index contributed by atoms with van der Waals surface area (Å²) in [6.45, 7) is 1.35. The second kappa shape index (κ2) is 9.50. The van der Waals surface area contributed by atoms with Crippen LogP contribution in [0, 0.1) is 5.82 Å². The molecule has 0 aliphatic carbocycles. The average Bonchev–Trinajstić information content (AvgIpc) is 3.01. The number of pyridine rings is 1. The van der Waals surface area contributed by atoms with Gasteiger partial charge in [0.1, 0.15) is 18.5 Å². The molecule has 2 aliphatic heterocycles. The van der Waals surface area contributed by atoms with Crippen LogP contribution in [0.15, 0.2) is 64.4 Å². The van der Waals surface area contributed by atoms with E-state index in [1.807, 2.05) is 18.2 Å². The van der Waals surface area contributed by atoms with Gasteiger partial charge in [0.25, 0.3) is 5.91 Å². The zero-order valence-corrected chi connectivity index (χ0v) is 21.0. The van der Waals surface area contributed by atoms with Gasteiger partial charge in [-0.15, -0.1) is 11.8 Å². The fourth-order valence-electron chi connectivity index (χ4n) is 4.71. The maximum Gasteiger partial charge on any atom is 0.408 e. The molecule has 198 valence electrons. The fraction of sp³-hybridized carbons (Fsp3) is 0.269. The summed E-state index contributed by atoms with van der Waals surface area (Å²) in [4.78, 5) is 39.4. The van der Waals surface area contributed by atoms with E-state index in [0.717, 1.165) is 30.4 Å². The largest absolute Gasteiger partial charge is 0.420 e. The Labute approximate surface area is 218 Å². The van der Waals surface area contributed by atoms with E-state index in [1.165, 1.54) is 39.8 Å². The molecular formula is C26H21F4N3O4S. The molecule has 3 heterocycles. The van der Waals surface area contributed by atoms with Gasteiger partial charge in [-0.05, 0) is 41.8 Å². The van der Waals surface area contributed by atoms with Gasteiger partial charge in [-0.1, -0.05) is 24.3 Å². The van der Waals surface area contributed by atoms with Crippen LogP contribution in [-0.2, 0) is 10.5 Å². The summed E-state index contributed by atoms with van der Waals surface area (Å²) in [7, 11) is 0. The first kappa shape index (κ1) is 25.8. The molecule has 1 amide bonds. The molecule has 1 aromatic heterocycles. The van der Waals surface area contributed by atoms with Gasteiger partial charge in [-0.3, -0.25) is 24.1 Å². The number of alkyl halides is 3. The Kier molecular flexibility index (Phi) is 6.46. The molecule has 0 bridgehead atoms. The summed E-state index contributed by atoms with van der Waals surface area (Å²) in [5.41, 5.74) is 0.631. The lowest BCUT2D eigenvalue weighted by molar-refractivity contribution is -0.173. The second-order valence-corrected chi connectivity index (χ2v) is 9.96. The van der Waals surface area contributed by atoms with Crippen LogP contribution in [0.25, 0.3) is 0 Å². The topological polar surface area (TPSA) is 71.8 Å². The highest BCUT2D eigenvalue weighted by atomic mass is 32.2. The number of carbonyl (C=O) groups is 2. The van der Waals surface area contributed by atoms with Gasteiger partial charge in [0.05, 0.1) is 6.04 Å². The summed E-state index contributed by atoms with van der Waals surface area (Å²) >= 11 is 1.45. The summed E-state index contributed by atoms with van der Waals surface area (Å²) in [5, 5.41) is 1.49. The maximum absolute atomic E-state index is 14.2. The number of hydrogen-bond donors (Lipinski definition) is 0. The van der Waals surface area contributed by atoms with Crippen molar-refractivity contribution in [1.82, 2.24) is 9.58 Å². The Hall–Kier alpha value is -3.80. The Bertz CT molecular complexity index is 1510. The molecule has 12 heteroatoms. The third-order valence-electron chi connectivity index (χ3n) is 6.55. The van der Waals surface area contributed by atoms with Crippen molar-refractivity contribution in [3.63, 3.8) is 0 Å². The number of nitrogens with zero attached hydrogens (tertiary/aromatic N) is 3. The van der Waals surface area contributed by atoms with Crippen molar-refractivity contribution in [2.24, 2.45) is 0 Å². The standard InChI is InChI=1S/C26H21F4N3O4S/c1-14(26(28,29)30)31-13-33(32-10-9-20(35)24(37-15(2)34)23(32)25(31)36)22-18-8-7-17(27)11-16(18)12-38-21-6-4-3-5-19(21)22/h3-11,14,22H,12-13H2,1-2H3/t14-,22+/m1/s1. The number of thioether (sulfide) groups is 1. The summed E-state index contributed by atoms with van der Waals surface area (Å²) in [6, 6.07) is 9.56. The number of carbonyl (C=O) groups excluding carboxylic acids is 2. The lowest BCUT2D eigenvalue weighted by Crippen LogP contribution is -2.60. The Morgan fingerprint density at radius 2 is 1.84 bits per heavy atom. The quantitative estimate of drug-likeness (QED) is 0.353. The molecule has 3 aromatic rings. The van der Waals surface area contributed by atoms with E-state index < -0.39 is 59.5 Å². The minimum absolute atomic E-state index is 0.408. The molecule has 5 rings (SSSR count). The SMILES string of the molecule is CC(=O)Oc1c2n(ccc1=O)N([C@H]1c3ccc(F)cc3CSc3ccccc31)CN([C@H](C)C(F)(F)F)C2=O. The molecule has 0 saturated carbocycles. The first-order valence-electron chi connectivity index (χ1n) is 11.6. The van der Waals surface area contributed by atoms with Crippen LogP contribution in [0.4, 0.5) is 17.6 Å². The Morgan fingerprint density at radius 3 is 2.55 bits per heavy atom. The molecule has 2 aromatic carbocycles. The van der Waals surface area contributed by atoms with Gasteiger partial charge >= 0.3 is 12.1 Å². The predicted molar refractivity (Wildman–Crippen MR) is 131 cm³/mol. The average molecular weight is 548 g/mol. The van der Waals surface area contributed by atoms with Crippen LogP contribution in [0.5, 0.6) is 5.75 Å². The van der Waals surface area contributed by atoms with Gasteiger partial charge in [0.2, 0.25) is 11.2 Å². The molecule has 0 N–H and O–H groups in total. The van der Waals surface area contributed by atoms with Crippen molar-refractivity contribution in [1.29, 1.82) is 0 Å². The second-order valence-electron chi connectivity index (χ2n) is 8.94. The molecular weight excluding hydrogens is 526 g/mol. The zero-order valence-electron chi connectivity index (χ0n) is 20.2. The summed E-state index contributed by atoms with van der Waals surface area (Å²) < 4.78 is 62.3. The van der Waals surface area contributed by atoms with Gasteiger partial charge in [-0.2, -0.15) is 13.2 Å². The Balaban J connectivity index is 1.80. The number of rotatable bonds is 3. The highest BCUT2D eigenvalue weighted by molar-refractivity contribution is 7.98. The van der Waals surface area contributed by atoms with Crippen LogP contribution in [0.2, 0.25) is 0 Å². The van der Waals surface area contributed by atoms with E-state index in [0.29, 0.717) is 21.8 Å². The van der Waals surface area contributed by atoms with Crippen molar-refractivity contribution in [3.05, 3.63) is 93.2 Å². The van der Waals surface area contributed by atoms with Crippen molar-refractivity contribution in [3.8, 4) is 5.75 Å². The van der Waals surface area contributed by atoms with Crippen LogP contribution < -0.4 is 15.2 Å². The smallest absolute Gasteiger partial charge is 0.408 e. The predicted octanol–water partition coefficient (Wildman–Crippen LogP) is 4.61. The van der Waals surface area contributed by atoms with Crippen molar-refractivity contribution in [2.75, 3.05) is 11.7 Å². The van der Waals surface area contributed by atoms with Crippen LogP contribution in [0.3, 0.4) is 0 Å². The number of aromatic nitrogens is 1. The number of esters is 1. The molecule has 0 fully saturated rings. The molecule has 0 unspecified atom stereocenters. The zero-order chi connectivity index (χ0) is 27.4. The molecule has 0 spiro atoms. The summed E-state index contributed by atoms with van der Waals surface area (Å²) in [6.07, 6.45) is -3.51. The first-order valence-corrected chi connectivity index (χ1v) is 12.5. The number of ether oxygens (including phenoxy) is 1. The monoisotopic (exact) mass is 547 g/mol. The van der Waals surface area contributed by atoms with Crippen LogP contribution in [0.1, 0.15) is 47.1 Å². The van der Waals surface area contributed by atoms with E-state index in [-0.39, 0.29) is 0 Å². The minimum Gasteiger partial charge on any atom is -0.420 e. The van der Waals surface area contributed by atoms with Gasteiger partial charge in [0, 0.05) is 29.8 Å². The lowest BCUT2D eigenvalue weighted by Gasteiger charge is -2.46. The number of hydrogen-bond acceptors (Lipinski definition) is 6. The summed E-state index contributed by atoms with van der Waals surface area (Å²) in [5.74, 6) is -2.74. The molecule has 2 aliphatic rings. The van der Waals surface area contributed by atoms with Gasteiger partial charge in [-0.25, -0.2) is 4.39 Å². The first-order chi connectivity index (χ1) is 18.0. The van der Waals surface area contributed by atoms with Gasteiger partial charge < -0.3 is 9.64 Å². The number of fused-ring (bicyclic) bond motifs is 3. The normalized spacial score (nSPS) is 17.7. The molecule has 7 nitrogen and oxygen atoms in total. The maximum atomic E-state index is 14.2. The highest BCUT2D eigenvalue weighted by Crippen LogP contribution is 2.43. The highest BCUT2D eigenvalue weighted by Gasteiger charge is 2.48. The Morgan fingerprint density at radius 1 is 1.11 bits per heavy atom. The molecule has 0 saturated heterocycles. The third-order valence-corrected chi connectivity index (χ3v) is 7.69. The third kappa shape index (κ3) is 4.42. The molecule has 38 heavy (non-hydrogen) atoms. The van der Waals surface area contributed by atoms with Gasteiger partial charge in [0.15, 0.2) is 5.69 Å². The van der Waals surface area contributed by atoms with E-state index >= 15 is 0 Å². The number of amides is 1. The number of benzene rings is 2. The van der Waals surface area contributed by atoms with Crippen molar-refractivity contribution in [2.45, 2.75) is 42.8 Å². The number of halogens is 4. The minimum atomic E-state index is -4.78. The van der Waals surface area contributed by atoms with Crippen LogP contribution >= 0.6 is 11.8 Å². The van der Waals surface area contributed by atoms with Crippen LogP contribution in [-0.4, -0.2) is 40.3 Å². The lowest BCUT2D eigenvalue weighted by atomic mass is 9.94. The van der Waals surface area contributed by atoms with E-state index in [9.17, 15) is 31.9 Å². The van der Waals surface area contributed by atoms with E-state index in [1.54, 1.807) is 12.1 Å². The molecule has 2 atom stereocenters. The van der Waals surface area contributed by atoms with E-state index in [2.05, 4.69) is 0 Å². The van der Waals surface area contributed by atoms with E-state index in [4.69, 9.17) is 4.74 Å². The fourth-order valence-corrected chi connectivity index (χ4v) is 5.80. The van der Waals surface area contributed by atoms with Crippen molar-refractivity contribution < 1.29 is 31.9 Å². The molecule has 0 radical (unpaired) electrons. The van der Waals surface area contributed by atoms with Crippen molar-refractivity contribution >= 4 is 23.6 Å².